The second kappa shape index (κ2) is 3.62. The van der Waals surface area contributed by atoms with Crippen LogP contribution in [0.1, 0.15) is 6.42 Å². The number of rotatable bonds is 3. The Morgan fingerprint density at radius 1 is 1.36 bits per heavy atom. The van der Waals surface area contributed by atoms with Gasteiger partial charge < -0.3 is 9.36 Å². The summed E-state index contributed by atoms with van der Waals surface area (Å²) in [7, 11) is 0. The molecule has 0 spiro atoms. The van der Waals surface area contributed by atoms with Crippen molar-refractivity contribution in [2.75, 3.05) is 0 Å². The SMILES string of the molecule is O=CCCn1ccc2cc(F)ccc21. The van der Waals surface area contributed by atoms with Crippen molar-refractivity contribution in [3.63, 3.8) is 0 Å². The van der Waals surface area contributed by atoms with Crippen molar-refractivity contribution in [2.24, 2.45) is 0 Å². The summed E-state index contributed by atoms with van der Waals surface area (Å²) >= 11 is 0. The van der Waals surface area contributed by atoms with Gasteiger partial charge in [0.25, 0.3) is 0 Å². The van der Waals surface area contributed by atoms with Crippen LogP contribution in [0, 0.1) is 5.82 Å². The lowest BCUT2D eigenvalue weighted by atomic mass is 10.2. The van der Waals surface area contributed by atoms with E-state index >= 15 is 0 Å². The number of aryl methyl sites for hydroxylation is 1. The molecule has 0 bridgehead atoms. The number of fused-ring (bicyclic) bond motifs is 1. The number of aldehydes is 1. The largest absolute Gasteiger partial charge is 0.347 e. The van der Waals surface area contributed by atoms with Crippen LogP contribution in [0.2, 0.25) is 0 Å². The number of halogens is 1. The van der Waals surface area contributed by atoms with Gasteiger partial charge in [0.1, 0.15) is 12.1 Å². The molecule has 1 heterocycles. The molecule has 0 aliphatic carbocycles. The Labute approximate surface area is 81.0 Å². The molecule has 0 atom stereocenters. The van der Waals surface area contributed by atoms with Crippen molar-refractivity contribution in [3.8, 4) is 0 Å². The predicted molar refractivity (Wildman–Crippen MR) is 52.6 cm³/mol. The second-order valence-electron chi connectivity index (χ2n) is 3.17. The van der Waals surface area contributed by atoms with Crippen LogP contribution in [0.25, 0.3) is 10.9 Å². The molecule has 1 aromatic heterocycles. The summed E-state index contributed by atoms with van der Waals surface area (Å²) in [5, 5.41) is 0.871. The Bertz CT molecular complexity index is 461. The van der Waals surface area contributed by atoms with Gasteiger partial charge in [-0.1, -0.05) is 0 Å². The highest BCUT2D eigenvalue weighted by Gasteiger charge is 2.00. The van der Waals surface area contributed by atoms with Crippen molar-refractivity contribution >= 4 is 17.2 Å². The van der Waals surface area contributed by atoms with E-state index in [4.69, 9.17) is 0 Å². The van der Waals surface area contributed by atoms with E-state index in [1.165, 1.54) is 12.1 Å². The number of carbonyl (C=O) groups excluding carboxylic acids is 1. The summed E-state index contributed by atoms with van der Waals surface area (Å²) in [6.07, 6.45) is 3.24. The maximum atomic E-state index is 12.8. The van der Waals surface area contributed by atoms with Gasteiger partial charge in [0.15, 0.2) is 0 Å². The first kappa shape index (κ1) is 8.94. The van der Waals surface area contributed by atoms with Gasteiger partial charge in [-0.25, -0.2) is 4.39 Å². The van der Waals surface area contributed by atoms with Crippen LogP contribution in [-0.4, -0.2) is 10.9 Å². The number of benzene rings is 1. The molecule has 0 saturated heterocycles. The average Bonchev–Trinajstić information content (AvgIpc) is 2.57. The van der Waals surface area contributed by atoms with Crippen LogP contribution in [0.3, 0.4) is 0 Å². The lowest BCUT2D eigenvalue weighted by Gasteiger charge is -2.01. The molecule has 14 heavy (non-hydrogen) atoms. The van der Waals surface area contributed by atoms with Crippen molar-refractivity contribution in [1.82, 2.24) is 4.57 Å². The lowest BCUT2D eigenvalue weighted by Crippen LogP contribution is -1.95. The minimum atomic E-state index is -0.231. The fourth-order valence-electron chi connectivity index (χ4n) is 1.56. The Balaban J connectivity index is 2.42. The monoisotopic (exact) mass is 191 g/mol. The van der Waals surface area contributed by atoms with Gasteiger partial charge >= 0.3 is 0 Å². The topological polar surface area (TPSA) is 22.0 Å². The fraction of sp³-hybridized carbons (Fsp3) is 0.182. The summed E-state index contributed by atoms with van der Waals surface area (Å²) < 4.78 is 14.8. The third-order valence-corrected chi connectivity index (χ3v) is 2.22. The Morgan fingerprint density at radius 2 is 2.21 bits per heavy atom. The van der Waals surface area contributed by atoms with Crippen molar-refractivity contribution < 1.29 is 9.18 Å². The molecule has 2 aromatic rings. The zero-order chi connectivity index (χ0) is 9.97. The van der Waals surface area contributed by atoms with Crippen LogP contribution in [-0.2, 0) is 11.3 Å². The van der Waals surface area contributed by atoms with E-state index < -0.39 is 0 Å². The molecular formula is C11H10FNO. The van der Waals surface area contributed by atoms with E-state index in [-0.39, 0.29) is 5.82 Å². The molecule has 0 radical (unpaired) electrons. The molecule has 0 aliphatic rings. The van der Waals surface area contributed by atoms with E-state index in [0.29, 0.717) is 13.0 Å². The van der Waals surface area contributed by atoms with E-state index in [1.54, 1.807) is 6.07 Å². The highest BCUT2D eigenvalue weighted by atomic mass is 19.1. The number of hydrogen-bond donors (Lipinski definition) is 0. The highest BCUT2D eigenvalue weighted by Crippen LogP contribution is 2.16. The molecule has 0 unspecified atom stereocenters. The maximum absolute atomic E-state index is 12.8. The standard InChI is InChI=1S/C11H10FNO/c12-10-2-3-11-9(8-10)4-6-13(11)5-1-7-14/h2-4,6-8H,1,5H2. The quantitative estimate of drug-likeness (QED) is 0.682. The van der Waals surface area contributed by atoms with Crippen LogP contribution < -0.4 is 0 Å². The number of carbonyl (C=O) groups is 1. The molecule has 2 rings (SSSR count). The normalized spacial score (nSPS) is 10.6. The average molecular weight is 191 g/mol. The van der Waals surface area contributed by atoms with Gasteiger partial charge in [0.05, 0.1) is 0 Å². The third-order valence-electron chi connectivity index (χ3n) is 2.22. The number of nitrogens with zero attached hydrogens (tertiary/aromatic N) is 1. The summed E-state index contributed by atoms with van der Waals surface area (Å²) in [5.74, 6) is -0.231. The lowest BCUT2D eigenvalue weighted by molar-refractivity contribution is -0.108. The highest BCUT2D eigenvalue weighted by molar-refractivity contribution is 5.80. The molecular weight excluding hydrogens is 181 g/mol. The van der Waals surface area contributed by atoms with Gasteiger partial charge in [-0.15, -0.1) is 0 Å². The number of aromatic nitrogens is 1. The zero-order valence-corrected chi connectivity index (χ0v) is 7.61. The van der Waals surface area contributed by atoms with Crippen LogP contribution in [0.4, 0.5) is 4.39 Å². The fourth-order valence-corrected chi connectivity index (χ4v) is 1.56. The van der Waals surface area contributed by atoms with E-state index in [2.05, 4.69) is 0 Å². The molecule has 0 saturated carbocycles. The predicted octanol–water partition coefficient (Wildman–Crippen LogP) is 2.37. The van der Waals surface area contributed by atoms with E-state index in [1.807, 2.05) is 16.8 Å². The van der Waals surface area contributed by atoms with Crippen molar-refractivity contribution in [3.05, 3.63) is 36.3 Å². The van der Waals surface area contributed by atoms with E-state index in [9.17, 15) is 9.18 Å². The van der Waals surface area contributed by atoms with Crippen LogP contribution in [0.5, 0.6) is 0 Å². The molecule has 1 aromatic carbocycles. The summed E-state index contributed by atoms with van der Waals surface area (Å²) in [5.41, 5.74) is 0.966. The Kier molecular flexibility index (Phi) is 2.31. The van der Waals surface area contributed by atoms with Gasteiger partial charge in [-0.2, -0.15) is 0 Å². The summed E-state index contributed by atoms with van der Waals surface area (Å²) in [6.45, 7) is 0.651. The number of hydrogen-bond acceptors (Lipinski definition) is 1. The minimum Gasteiger partial charge on any atom is -0.347 e. The van der Waals surface area contributed by atoms with E-state index in [0.717, 1.165) is 17.2 Å². The molecule has 0 N–H and O–H groups in total. The second-order valence-corrected chi connectivity index (χ2v) is 3.17. The molecule has 72 valence electrons. The smallest absolute Gasteiger partial charge is 0.123 e. The van der Waals surface area contributed by atoms with Gasteiger partial charge in [0, 0.05) is 30.1 Å². The Morgan fingerprint density at radius 3 is 3.00 bits per heavy atom. The van der Waals surface area contributed by atoms with Crippen LogP contribution in [0.15, 0.2) is 30.5 Å². The maximum Gasteiger partial charge on any atom is 0.123 e. The molecule has 0 amide bonds. The van der Waals surface area contributed by atoms with Crippen molar-refractivity contribution in [2.45, 2.75) is 13.0 Å². The van der Waals surface area contributed by atoms with Crippen LogP contribution >= 0.6 is 0 Å². The third kappa shape index (κ3) is 1.53. The first-order chi connectivity index (χ1) is 6.81. The first-order valence-electron chi connectivity index (χ1n) is 4.49. The Hall–Kier alpha value is -1.64. The van der Waals surface area contributed by atoms with Gasteiger partial charge in [-0.3, -0.25) is 0 Å². The summed E-state index contributed by atoms with van der Waals surface area (Å²) in [6, 6.07) is 6.51. The molecule has 3 heteroatoms. The molecule has 0 aliphatic heterocycles. The molecule has 2 nitrogen and oxygen atoms in total. The zero-order valence-electron chi connectivity index (χ0n) is 7.61. The van der Waals surface area contributed by atoms with Gasteiger partial charge in [-0.05, 0) is 24.3 Å². The first-order valence-corrected chi connectivity index (χ1v) is 4.49. The van der Waals surface area contributed by atoms with Gasteiger partial charge in [0.2, 0.25) is 0 Å². The molecule has 0 fully saturated rings. The summed E-state index contributed by atoms with van der Waals surface area (Å²) in [4.78, 5) is 10.2. The van der Waals surface area contributed by atoms with Crippen molar-refractivity contribution in [1.29, 1.82) is 0 Å². The minimum absolute atomic E-state index is 0.231.